The molecule has 0 atom stereocenters. The molecule has 0 nitrogen and oxygen atoms in total. The van der Waals surface area contributed by atoms with Gasteiger partial charge in [0.1, 0.15) is 0 Å². The van der Waals surface area contributed by atoms with E-state index in [1.165, 1.54) is 39.2 Å². The molecule has 0 aliphatic carbocycles. The largest absolute Gasteiger partial charge is 0.416 e. The van der Waals surface area contributed by atoms with Crippen LogP contribution in [0.2, 0.25) is 0 Å². The minimum absolute atomic E-state index is 0.563. The van der Waals surface area contributed by atoms with Crippen LogP contribution in [-0.4, -0.2) is 0 Å². The zero-order valence-electron chi connectivity index (χ0n) is 21.3. The first-order valence-electron chi connectivity index (χ1n) is 13.3. The Morgan fingerprint density at radius 3 is 1.57 bits per heavy atom. The van der Waals surface area contributed by atoms with E-state index < -0.39 is 11.7 Å². The van der Waals surface area contributed by atoms with Gasteiger partial charge in [-0.1, -0.05) is 109 Å². The van der Waals surface area contributed by atoms with E-state index in [2.05, 4.69) is 84.9 Å². The highest BCUT2D eigenvalue weighted by atomic mass is 19.4. The minimum atomic E-state index is -4.39. The molecule has 0 aliphatic rings. The smallest absolute Gasteiger partial charge is 0.166 e. The molecule has 0 unspecified atom stereocenters. The fourth-order valence-electron chi connectivity index (χ4n) is 6.44. The van der Waals surface area contributed by atoms with E-state index >= 15 is 0 Å². The Morgan fingerprint density at radius 2 is 0.950 bits per heavy atom. The van der Waals surface area contributed by atoms with Crippen molar-refractivity contribution in [2.24, 2.45) is 0 Å². The number of benzene rings is 8. The molecule has 0 aromatic heterocycles. The Kier molecular flexibility index (Phi) is 4.78. The molecule has 0 saturated heterocycles. The van der Waals surface area contributed by atoms with Gasteiger partial charge in [-0.2, -0.15) is 13.2 Å². The summed E-state index contributed by atoms with van der Waals surface area (Å²) in [6.45, 7) is 0. The molecule has 40 heavy (non-hydrogen) atoms. The van der Waals surface area contributed by atoms with Crippen LogP contribution in [0.25, 0.3) is 76.1 Å². The van der Waals surface area contributed by atoms with Crippen LogP contribution in [0, 0.1) is 0 Å². The maximum atomic E-state index is 13.6. The normalized spacial score (nSPS) is 12.4. The van der Waals surface area contributed by atoms with E-state index in [1.54, 1.807) is 6.07 Å². The monoisotopic (exact) mass is 522 g/mol. The SMILES string of the molecule is FC(F)(F)c1cccc(-c2ccc3ccc4c(-c5c6ccccc6cc6ccccc56)ccc5ccc2c3c54)c1. The van der Waals surface area contributed by atoms with Crippen molar-refractivity contribution in [1.29, 1.82) is 0 Å². The number of fused-ring (bicyclic) bond motifs is 2. The molecule has 0 spiro atoms. The third kappa shape index (κ3) is 3.34. The van der Waals surface area contributed by atoms with E-state index in [9.17, 15) is 13.2 Å². The Hall–Kier alpha value is -4.89. The lowest BCUT2D eigenvalue weighted by Crippen LogP contribution is -2.04. The fourth-order valence-corrected chi connectivity index (χ4v) is 6.44. The van der Waals surface area contributed by atoms with Gasteiger partial charge < -0.3 is 0 Å². The van der Waals surface area contributed by atoms with Gasteiger partial charge in [-0.25, -0.2) is 0 Å². The second-order valence-corrected chi connectivity index (χ2v) is 10.4. The highest BCUT2D eigenvalue weighted by Gasteiger charge is 2.30. The Labute approximate surface area is 228 Å². The van der Waals surface area contributed by atoms with E-state index in [4.69, 9.17) is 0 Å². The molecule has 8 rings (SSSR count). The van der Waals surface area contributed by atoms with Gasteiger partial charge in [0.05, 0.1) is 5.56 Å². The number of alkyl halides is 3. The first kappa shape index (κ1) is 23.0. The molecular weight excluding hydrogens is 501 g/mol. The first-order valence-corrected chi connectivity index (χ1v) is 13.3. The molecule has 190 valence electrons. The van der Waals surface area contributed by atoms with Crippen molar-refractivity contribution < 1.29 is 13.2 Å². The number of hydrogen-bond donors (Lipinski definition) is 0. The Balaban J connectivity index is 1.48. The molecule has 0 fully saturated rings. The molecule has 0 amide bonds. The molecule has 0 aliphatic heterocycles. The Bertz CT molecular complexity index is 2200. The van der Waals surface area contributed by atoms with Crippen molar-refractivity contribution >= 4 is 53.9 Å². The van der Waals surface area contributed by atoms with Crippen LogP contribution in [0.3, 0.4) is 0 Å². The maximum absolute atomic E-state index is 13.6. The summed E-state index contributed by atoms with van der Waals surface area (Å²) < 4.78 is 40.7. The van der Waals surface area contributed by atoms with Gasteiger partial charge in [-0.15, -0.1) is 0 Å². The van der Waals surface area contributed by atoms with Gasteiger partial charge in [0.2, 0.25) is 0 Å². The van der Waals surface area contributed by atoms with Crippen LogP contribution in [0.15, 0.2) is 127 Å². The van der Waals surface area contributed by atoms with Crippen LogP contribution < -0.4 is 0 Å². The summed E-state index contributed by atoms with van der Waals surface area (Å²) in [5, 5.41) is 11.3. The lowest BCUT2D eigenvalue weighted by Gasteiger charge is -2.18. The molecular formula is C37H21F3. The van der Waals surface area contributed by atoms with Crippen molar-refractivity contribution in [3.05, 3.63) is 133 Å². The lowest BCUT2D eigenvalue weighted by atomic mass is 9.85. The predicted octanol–water partition coefficient (Wildman–Crippen LogP) is 11.2. The molecule has 8 aromatic carbocycles. The Morgan fingerprint density at radius 1 is 0.400 bits per heavy atom. The summed E-state index contributed by atoms with van der Waals surface area (Å²) in [5.74, 6) is 0. The standard InChI is InChI=1S/C37H21F3/c38-37(39,40)27-9-5-8-26(21-27)28-16-12-22-14-18-32-33(19-15-23-13-17-31(28)34(22)35(23)32)36-29-10-3-1-6-24(29)20-25-7-2-4-11-30(25)36/h1-21H. The van der Waals surface area contributed by atoms with Crippen molar-refractivity contribution in [2.45, 2.75) is 6.18 Å². The fraction of sp³-hybridized carbons (Fsp3) is 0.0270. The van der Waals surface area contributed by atoms with Crippen LogP contribution in [0.5, 0.6) is 0 Å². The van der Waals surface area contributed by atoms with Crippen molar-refractivity contribution in [1.82, 2.24) is 0 Å². The molecule has 0 N–H and O–H groups in total. The summed E-state index contributed by atoms with van der Waals surface area (Å²) >= 11 is 0. The van der Waals surface area contributed by atoms with Crippen LogP contribution in [0.4, 0.5) is 13.2 Å². The van der Waals surface area contributed by atoms with Crippen molar-refractivity contribution in [3.8, 4) is 22.3 Å². The molecule has 0 heterocycles. The maximum Gasteiger partial charge on any atom is 0.416 e. The first-order chi connectivity index (χ1) is 19.5. The highest BCUT2D eigenvalue weighted by molar-refractivity contribution is 6.29. The van der Waals surface area contributed by atoms with E-state index in [-0.39, 0.29) is 0 Å². The molecule has 0 bridgehead atoms. The molecule has 8 aromatic rings. The van der Waals surface area contributed by atoms with Gasteiger partial charge in [-0.3, -0.25) is 0 Å². The summed E-state index contributed by atoms with van der Waals surface area (Å²) in [7, 11) is 0. The zero-order valence-corrected chi connectivity index (χ0v) is 21.3. The van der Waals surface area contributed by atoms with Gasteiger partial charge in [0, 0.05) is 0 Å². The molecule has 0 radical (unpaired) electrons. The van der Waals surface area contributed by atoms with E-state index in [1.807, 2.05) is 18.2 Å². The minimum Gasteiger partial charge on any atom is -0.166 e. The van der Waals surface area contributed by atoms with Crippen molar-refractivity contribution in [3.63, 3.8) is 0 Å². The predicted molar refractivity (Wildman–Crippen MR) is 161 cm³/mol. The summed E-state index contributed by atoms with van der Waals surface area (Å²) in [6.07, 6.45) is -4.39. The van der Waals surface area contributed by atoms with Gasteiger partial charge in [-0.05, 0) is 94.3 Å². The van der Waals surface area contributed by atoms with Crippen molar-refractivity contribution in [2.75, 3.05) is 0 Å². The second kappa shape index (κ2) is 8.30. The summed E-state index contributed by atoms with van der Waals surface area (Å²) in [5.41, 5.74) is 3.08. The number of hydrogen-bond acceptors (Lipinski definition) is 0. The second-order valence-electron chi connectivity index (χ2n) is 10.4. The molecule has 0 saturated carbocycles. The molecule has 3 heteroatoms. The summed E-state index contributed by atoms with van der Waals surface area (Å²) in [4.78, 5) is 0. The average Bonchev–Trinajstić information content (AvgIpc) is 2.98. The lowest BCUT2D eigenvalue weighted by molar-refractivity contribution is -0.137. The third-order valence-electron chi connectivity index (χ3n) is 8.21. The quantitative estimate of drug-likeness (QED) is 0.156. The van der Waals surface area contributed by atoms with Crippen LogP contribution in [0.1, 0.15) is 5.56 Å². The van der Waals surface area contributed by atoms with E-state index in [0.29, 0.717) is 5.56 Å². The van der Waals surface area contributed by atoms with E-state index in [0.717, 1.165) is 49.5 Å². The summed E-state index contributed by atoms with van der Waals surface area (Å²) in [6, 6.07) is 41.7. The topological polar surface area (TPSA) is 0 Å². The van der Waals surface area contributed by atoms with Gasteiger partial charge in [0.15, 0.2) is 0 Å². The average molecular weight is 523 g/mol. The number of rotatable bonds is 2. The van der Waals surface area contributed by atoms with Crippen LogP contribution in [-0.2, 0) is 6.18 Å². The van der Waals surface area contributed by atoms with Gasteiger partial charge >= 0.3 is 6.18 Å². The third-order valence-corrected chi connectivity index (χ3v) is 8.21. The highest BCUT2D eigenvalue weighted by Crippen LogP contribution is 2.45. The zero-order chi connectivity index (χ0) is 27.0. The number of halogens is 3. The van der Waals surface area contributed by atoms with Crippen LogP contribution >= 0.6 is 0 Å². The van der Waals surface area contributed by atoms with Gasteiger partial charge in [0.25, 0.3) is 0 Å².